The van der Waals surface area contributed by atoms with Crippen LogP contribution in [0.1, 0.15) is 36.7 Å². The summed E-state index contributed by atoms with van der Waals surface area (Å²) in [5.41, 5.74) is 2.60. The van der Waals surface area contributed by atoms with Gasteiger partial charge in [-0.1, -0.05) is 36.3 Å². The van der Waals surface area contributed by atoms with E-state index in [2.05, 4.69) is 63.9 Å². The first kappa shape index (κ1) is 17.0. The molecule has 6 heteroatoms. The fourth-order valence-electron chi connectivity index (χ4n) is 2.29. The molecule has 0 saturated carbocycles. The van der Waals surface area contributed by atoms with Gasteiger partial charge in [0.2, 0.25) is 5.89 Å². The zero-order chi connectivity index (χ0) is 16.5. The second-order valence-corrected chi connectivity index (χ2v) is 5.23. The second kappa shape index (κ2) is 8.92. The first-order valence-electron chi connectivity index (χ1n) is 8.11. The summed E-state index contributed by atoms with van der Waals surface area (Å²) >= 11 is 0. The summed E-state index contributed by atoms with van der Waals surface area (Å²) in [5.74, 6) is 2.11. The Balaban J connectivity index is 1.91. The molecule has 124 valence electrons. The molecule has 0 radical (unpaired) electrons. The molecule has 2 aromatic rings. The van der Waals surface area contributed by atoms with Gasteiger partial charge in [-0.25, -0.2) is 4.99 Å². The standard InChI is InChI=1S/C17H25N5O/c1-4-14-8-6-7-9-15(14)12-20-17(18-5-2)19-11-10-16-21-13(3)22-23-16/h6-9H,4-5,10-12H2,1-3H3,(H2,18,19,20). The molecule has 0 spiro atoms. The maximum absolute atomic E-state index is 5.10. The molecule has 1 aromatic carbocycles. The van der Waals surface area contributed by atoms with E-state index >= 15 is 0 Å². The van der Waals surface area contributed by atoms with Crippen molar-refractivity contribution in [1.29, 1.82) is 0 Å². The van der Waals surface area contributed by atoms with Crippen LogP contribution in [-0.2, 0) is 19.4 Å². The molecular formula is C17H25N5O. The van der Waals surface area contributed by atoms with Gasteiger partial charge in [0.15, 0.2) is 11.8 Å². The van der Waals surface area contributed by atoms with Crippen LogP contribution in [0, 0.1) is 6.92 Å². The Morgan fingerprint density at radius 1 is 1.17 bits per heavy atom. The van der Waals surface area contributed by atoms with Gasteiger partial charge in [-0.15, -0.1) is 0 Å². The lowest BCUT2D eigenvalue weighted by Gasteiger charge is -2.11. The number of guanidine groups is 1. The minimum Gasteiger partial charge on any atom is -0.357 e. The van der Waals surface area contributed by atoms with Gasteiger partial charge in [0.05, 0.1) is 6.54 Å². The van der Waals surface area contributed by atoms with Crippen LogP contribution < -0.4 is 10.6 Å². The van der Waals surface area contributed by atoms with E-state index in [9.17, 15) is 0 Å². The van der Waals surface area contributed by atoms with Crippen LogP contribution in [0.4, 0.5) is 0 Å². The van der Waals surface area contributed by atoms with Gasteiger partial charge in [-0.2, -0.15) is 4.98 Å². The first-order chi connectivity index (χ1) is 11.2. The number of aromatic nitrogens is 2. The van der Waals surface area contributed by atoms with E-state index in [0.29, 0.717) is 31.2 Å². The van der Waals surface area contributed by atoms with Gasteiger partial charge in [-0.3, -0.25) is 0 Å². The number of aliphatic imine (C=N–C) groups is 1. The van der Waals surface area contributed by atoms with Gasteiger partial charge in [0, 0.05) is 19.5 Å². The van der Waals surface area contributed by atoms with E-state index in [1.807, 2.05) is 6.92 Å². The molecule has 0 aliphatic rings. The van der Waals surface area contributed by atoms with Crippen molar-refractivity contribution in [3.8, 4) is 0 Å². The van der Waals surface area contributed by atoms with Gasteiger partial charge in [0.1, 0.15) is 0 Å². The van der Waals surface area contributed by atoms with Crippen molar-refractivity contribution in [2.24, 2.45) is 4.99 Å². The Morgan fingerprint density at radius 2 is 1.96 bits per heavy atom. The van der Waals surface area contributed by atoms with Gasteiger partial charge >= 0.3 is 0 Å². The molecule has 0 atom stereocenters. The largest absolute Gasteiger partial charge is 0.357 e. The maximum atomic E-state index is 5.10. The molecule has 0 saturated heterocycles. The first-order valence-corrected chi connectivity index (χ1v) is 8.11. The summed E-state index contributed by atoms with van der Waals surface area (Å²) in [6.07, 6.45) is 1.70. The number of nitrogens with one attached hydrogen (secondary N) is 2. The molecular weight excluding hydrogens is 290 g/mol. The van der Waals surface area contributed by atoms with Crippen molar-refractivity contribution in [3.63, 3.8) is 0 Å². The molecule has 1 aromatic heterocycles. The van der Waals surface area contributed by atoms with E-state index in [1.165, 1.54) is 11.1 Å². The molecule has 2 N–H and O–H groups in total. The van der Waals surface area contributed by atoms with Crippen LogP contribution in [0.2, 0.25) is 0 Å². The molecule has 0 bridgehead atoms. The molecule has 1 heterocycles. The molecule has 0 amide bonds. The fraction of sp³-hybridized carbons (Fsp3) is 0.471. The van der Waals surface area contributed by atoms with Crippen molar-refractivity contribution in [3.05, 3.63) is 47.1 Å². The summed E-state index contributed by atoms with van der Waals surface area (Å²) in [6.45, 7) is 8.22. The number of hydrogen-bond donors (Lipinski definition) is 2. The highest BCUT2D eigenvalue weighted by atomic mass is 16.5. The monoisotopic (exact) mass is 315 g/mol. The van der Waals surface area contributed by atoms with Crippen LogP contribution >= 0.6 is 0 Å². The Morgan fingerprint density at radius 3 is 2.61 bits per heavy atom. The normalized spacial score (nSPS) is 11.5. The Kier molecular flexibility index (Phi) is 6.59. The summed E-state index contributed by atoms with van der Waals surface area (Å²) < 4.78 is 5.10. The van der Waals surface area contributed by atoms with E-state index in [1.54, 1.807) is 0 Å². The lowest BCUT2D eigenvalue weighted by Crippen LogP contribution is -2.38. The van der Waals surface area contributed by atoms with Crippen molar-refractivity contribution >= 4 is 5.96 Å². The molecule has 23 heavy (non-hydrogen) atoms. The SMILES string of the molecule is CCNC(=NCc1ccccc1CC)NCCc1nc(C)no1. The lowest BCUT2D eigenvalue weighted by atomic mass is 10.1. The second-order valence-electron chi connectivity index (χ2n) is 5.23. The number of nitrogens with zero attached hydrogens (tertiary/aromatic N) is 3. The van der Waals surface area contributed by atoms with Crippen LogP contribution in [0.15, 0.2) is 33.8 Å². The molecule has 0 fully saturated rings. The molecule has 0 aliphatic heterocycles. The molecule has 6 nitrogen and oxygen atoms in total. The summed E-state index contributed by atoms with van der Waals surface area (Å²) in [6, 6.07) is 8.42. The van der Waals surface area contributed by atoms with Crippen LogP contribution in [-0.4, -0.2) is 29.2 Å². The van der Waals surface area contributed by atoms with Gasteiger partial charge < -0.3 is 15.2 Å². The highest BCUT2D eigenvalue weighted by Gasteiger charge is 2.04. The average molecular weight is 315 g/mol. The summed E-state index contributed by atoms with van der Waals surface area (Å²) in [7, 11) is 0. The third-order valence-corrected chi connectivity index (χ3v) is 3.45. The lowest BCUT2D eigenvalue weighted by molar-refractivity contribution is 0.374. The third kappa shape index (κ3) is 5.39. The number of hydrogen-bond acceptors (Lipinski definition) is 4. The van der Waals surface area contributed by atoms with Crippen LogP contribution in [0.5, 0.6) is 0 Å². The summed E-state index contributed by atoms with van der Waals surface area (Å²) in [4.78, 5) is 8.85. The molecule has 0 unspecified atom stereocenters. The van der Waals surface area contributed by atoms with Crippen LogP contribution in [0.25, 0.3) is 0 Å². The molecule has 0 aliphatic carbocycles. The van der Waals surface area contributed by atoms with Crippen molar-refractivity contribution in [2.75, 3.05) is 13.1 Å². The quantitative estimate of drug-likeness (QED) is 0.605. The Labute approximate surface area is 137 Å². The van der Waals surface area contributed by atoms with Crippen LogP contribution in [0.3, 0.4) is 0 Å². The van der Waals surface area contributed by atoms with E-state index < -0.39 is 0 Å². The molecule has 2 rings (SSSR count). The van der Waals surface area contributed by atoms with E-state index in [-0.39, 0.29) is 0 Å². The number of rotatable bonds is 7. The predicted octanol–water partition coefficient (Wildman–Crippen LogP) is 2.24. The highest BCUT2D eigenvalue weighted by Crippen LogP contribution is 2.10. The topological polar surface area (TPSA) is 75.3 Å². The Bertz CT molecular complexity index is 635. The van der Waals surface area contributed by atoms with Gasteiger partial charge in [-0.05, 0) is 31.4 Å². The van der Waals surface area contributed by atoms with E-state index in [0.717, 1.165) is 18.9 Å². The van der Waals surface area contributed by atoms with Crippen molar-refractivity contribution < 1.29 is 4.52 Å². The number of aryl methyl sites for hydroxylation is 2. The smallest absolute Gasteiger partial charge is 0.228 e. The van der Waals surface area contributed by atoms with Crippen molar-refractivity contribution in [2.45, 2.75) is 40.2 Å². The zero-order valence-electron chi connectivity index (χ0n) is 14.1. The predicted molar refractivity (Wildman–Crippen MR) is 91.4 cm³/mol. The minimum atomic E-state index is 0.641. The highest BCUT2D eigenvalue weighted by molar-refractivity contribution is 5.79. The Hall–Kier alpha value is -2.37. The van der Waals surface area contributed by atoms with Gasteiger partial charge in [0.25, 0.3) is 0 Å². The third-order valence-electron chi connectivity index (χ3n) is 3.45. The average Bonchev–Trinajstić information content (AvgIpc) is 2.98. The maximum Gasteiger partial charge on any atom is 0.228 e. The zero-order valence-corrected chi connectivity index (χ0v) is 14.1. The van der Waals surface area contributed by atoms with Crippen molar-refractivity contribution in [1.82, 2.24) is 20.8 Å². The van der Waals surface area contributed by atoms with E-state index in [4.69, 9.17) is 4.52 Å². The summed E-state index contributed by atoms with van der Waals surface area (Å²) in [5, 5.41) is 10.3. The minimum absolute atomic E-state index is 0.641. The fourth-order valence-corrected chi connectivity index (χ4v) is 2.29. The number of benzene rings is 1.